The Labute approximate surface area is 162 Å². The third-order valence-corrected chi connectivity index (χ3v) is 7.27. The fourth-order valence-electron chi connectivity index (χ4n) is 3.98. The maximum absolute atomic E-state index is 12.9. The summed E-state index contributed by atoms with van der Waals surface area (Å²) in [6, 6.07) is 8.28. The Bertz CT molecular complexity index is 996. The number of fused-ring (bicyclic) bond motifs is 3. The summed E-state index contributed by atoms with van der Waals surface area (Å²) < 4.78 is 1.04. The molecule has 1 saturated carbocycles. The zero-order valence-electron chi connectivity index (χ0n) is 15.3. The normalized spacial score (nSPS) is 23.5. The number of pyridine rings is 1. The van der Waals surface area contributed by atoms with Crippen molar-refractivity contribution < 1.29 is 4.79 Å². The number of thiophene rings is 1. The van der Waals surface area contributed by atoms with Gasteiger partial charge in [-0.15, -0.1) is 11.3 Å². The van der Waals surface area contributed by atoms with E-state index in [1.165, 1.54) is 29.7 Å². The molecule has 3 atom stereocenters. The molecule has 1 amide bonds. The molecular formula is C21H23ClN2OS. The third kappa shape index (κ3) is 3.10. The van der Waals surface area contributed by atoms with E-state index in [2.05, 4.69) is 37.1 Å². The second-order valence-electron chi connectivity index (χ2n) is 7.62. The molecule has 3 aromatic rings. The molecule has 1 aliphatic rings. The topological polar surface area (TPSA) is 42.0 Å². The third-order valence-electron chi connectivity index (χ3n) is 5.82. The van der Waals surface area contributed by atoms with E-state index in [-0.39, 0.29) is 11.9 Å². The molecule has 0 radical (unpaired) electrons. The van der Waals surface area contributed by atoms with Gasteiger partial charge >= 0.3 is 0 Å². The minimum Gasteiger partial charge on any atom is -0.348 e. The van der Waals surface area contributed by atoms with Gasteiger partial charge in [0.15, 0.2) is 0 Å². The van der Waals surface area contributed by atoms with Gasteiger partial charge in [0.05, 0.1) is 10.4 Å². The van der Waals surface area contributed by atoms with Crippen LogP contribution in [0.5, 0.6) is 0 Å². The maximum Gasteiger partial charge on any atom is 0.261 e. The van der Waals surface area contributed by atoms with E-state index in [4.69, 9.17) is 11.6 Å². The average Bonchev–Trinajstić information content (AvgIpc) is 3.06. The lowest BCUT2D eigenvalue weighted by Gasteiger charge is -2.34. The van der Waals surface area contributed by atoms with Gasteiger partial charge in [-0.25, -0.2) is 4.98 Å². The van der Waals surface area contributed by atoms with Crippen LogP contribution in [0.1, 0.15) is 48.3 Å². The Balaban J connectivity index is 1.70. The molecule has 5 heteroatoms. The van der Waals surface area contributed by atoms with Crippen molar-refractivity contribution in [3.8, 4) is 0 Å². The SMILES string of the molecule is Cc1ccc2nc(Cl)c3cc(C(=O)N[C@@H]4CCC[C@H](C)[C@@H]4C)sc3c2c1. The molecule has 0 spiro atoms. The van der Waals surface area contributed by atoms with Crippen LogP contribution in [0.25, 0.3) is 21.0 Å². The number of aromatic nitrogens is 1. The number of hydrogen-bond acceptors (Lipinski definition) is 3. The summed E-state index contributed by atoms with van der Waals surface area (Å²) in [4.78, 5) is 18.1. The van der Waals surface area contributed by atoms with Crippen LogP contribution >= 0.6 is 22.9 Å². The standard InChI is InChI=1S/C21H23ClN2OS/c1-11-7-8-17-14(9-11)19-15(20(22)23-17)10-18(26-19)21(25)24-16-6-4-5-12(2)13(16)3/h7-10,12-13,16H,4-6H2,1-3H3,(H,24,25)/t12-,13-,16+/m0/s1. The molecule has 4 rings (SSSR count). The van der Waals surface area contributed by atoms with Gasteiger partial charge in [-0.05, 0) is 43.4 Å². The Morgan fingerprint density at radius 1 is 1.23 bits per heavy atom. The number of rotatable bonds is 2. The molecule has 0 aliphatic heterocycles. The number of hydrogen-bond donors (Lipinski definition) is 1. The van der Waals surface area contributed by atoms with E-state index in [1.54, 1.807) is 0 Å². The number of nitrogens with one attached hydrogen (secondary N) is 1. The molecular weight excluding hydrogens is 364 g/mol. The van der Waals surface area contributed by atoms with Crippen molar-refractivity contribution >= 4 is 49.8 Å². The molecule has 1 aromatic carbocycles. The summed E-state index contributed by atoms with van der Waals surface area (Å²) in [6.45, 7) is 6.59. The predicted octanol–water partition coefficient (Wildman–Crippen LogP) is 5.97. The largest absolute Gasteiger partial charge is 0.348 e. The van der Waals surface area contributed by atoms with Crippen LogP contribution in [-0.2, 0) is 0 Å². The second kappa shape index (κ2) is 6.82. The molecule has 2 heterocycles. The van der Waals surface area contributed by atoms with Crippen LogP contribution in [0.15, 0.2) is 24.3 Å². The molecule has 1 fully saturated rings. The summed E-state index contributed by atoms with van der Waals surface area (Å²) in [5.41, 5.74) is 2.05. The fourth-order valence-corrected chi connectivity index (χ4v) is 5.36. The minimum absolute atomic E-state index is 0.00835. The number of carbonyl (C=O) groups excluding carboxylic acids is 1. The monoisotopic (exact) mass is 386 g/mol. The molecule has 0 bridgehead atoms. The average molecular weight is 387 g/mol. The summed E-state index contributed by atoms with van der Waals surface area (Å²) >= 11 is 7.90. The highest BCUT2D eigenvalue weighted by Gasteiger charge is 2.29. The lowest BCUT2D eigenvalue weighted by Crippen LogP contribution is -2.43. The van der Waals surface area contributed by atoms with E-state index >= 15 is 0 Å². The van der Waals surface area contributed by atoms with Gasteiger partial charge in [0.1, 0.15) is 5.15 Å². The molecule has 3 nitrogen and oxygen atoms in total. The van der Waals surface area contributed by atoms with E-state index < -0.39 is 0 Å². The quantitative estimate of drug-likeness (QED) is 0.551. The van der Waals surface area contributed by atoms with Gasteiger partial charge in [-0.1, -0.05) is 49.9 Å². The summed E-state index contributed by atoms with van der Waals surface area (Å²) in [6.07, 6.45) is 3.50. The highest BCUT2D eigenvalue weighted by atomic mass is 35.5. The van der Waals surface area contributed by atoms with Gasteiger partial charge in [0, 0.05) is 21.5 Å². The molecule has 0 saturated heterocycles. The Morgan fingerprint density at radius 2 is 2.04 bits per heavy atom. The van der Waals surface area contributed by atoms with Crippen molar-refractivity contribution in [1.29, 1.82) is 0 Å². The number of amides is 1. The number of nitrogens with zero attached hydrogens (tertiary/aromatic N) is 1. The highest BCUT2D eigenvalue weighted by molar-refractivity contribution is 7.21. The van der Waals surface area contributed by atoms with Crippen molar-refractivity contribution in [3.63, 3.8) is 0 Å². The first-order valence-electron chi connectivity index (χ1n) is 9.24. The van der Waals surface area contributed by atoms with Crippen LogP contribution in [0.4, 0.5) is 0 Å². The van der Waals surface area contributed by atoms with Crippen LogP contribution in [-0.4, -0.2) is 16.9 Å². The highest BCUT2D eigenvalue weighted by Crippen LogP contribution is 2.36. The molecule has 26 heavy (non-hydrogen) atoms. The predicted molar refractivity (Wildman–Crippen MR) is 110 cm³/mol. The molecule has 136 valence electrons. The van der Waals surface area contributed by atoms with E-state index in [9.17, 15) is 4.79 Å². The van der Waals surface area contributed by atoms with Crippen LogP contribution < -0.4 is 5.32 Å². The summed E-state index contributed by atoms with van der Waals surface area (Å²) in [5, 5.41) is 5.66. The lowest BCUT2D eigenvalue weighted by molar-refractivity contribution is 0.0895. The number of benzene rings is 1. The first-order valence-corrected chi connectivity index (χ1v) is 10.4. The minimum atomic E-state index is 0.00835. The van der Waals surface area contributed by atoms with Crippen molar-refractivity contribution in [2.24, 2.45) is 11.8 Å². The molecule has 0 unspecified atom stereocenters. The fraction of sp³-hybridized carbons (Fsp3) is 0.429. The Kier molecular flexibility index (Phi) is 4.66. The molecule has 2 aromatic heterocycles. The number of carbonyl (C=O) groups is 1. The van der Waals surface area contributed by atoms with Crippen molar-refractivity contribution in [2.75, 3.05) is 0 Å². The van der Waals surface area contributed by atoms with Crippen LogP contribution in [0.2, 0.25) is 5.15 Å². The van der Waals surface area contributed by atoms with Crippen LogP contribution in [0, 0.1) is 18.8 Å². The Hall–Kier alpha value is -1.65. The molecule has 1 aliphatic carbocycles. The Morgan fingerprint density at radius 3 is 2.85 bits per heavy atom. The molecule has 1 N–H and O–H groups in total. The van der Waals surface area contributed by atoms with Crippen molar-refractivity contribution in [3.05, 3.63) is 39.9 Å². The first kappa shape index (κ1) is 17.7. The smallest absolute Gasteiger partial charge is 0.261 e. The zero-order chi connectivity index (χ0) is 18.4. The van der Waals surface area contributed by atoms with Gasteiger partial charge in [-0.2, -0.15) is 0 Å². The maximum atomic E-state index is 12.9. The van der Waals surface area contributed by atoms with Crippen molar-refractivity contribution in [1.82, 2.24) is 10.3 Å². The van der Waals surface area contributed by atoms with E-state index in [1.807, 2.05) is 18.2 Å². The van der Waals surface area contributed by atoms with Gasteiger partial charge < -0.3 is 5.32 Å². The summed E-state index contributed by atoms with van der Waals surface area (Å²) in [7, 11) is 0. The first-order chi connectivity index (χ1) is 12.4. The van der Waals surface area contributed by atoms with Gasteiger partial charge in [0.2, 0.25) is 0 Å². The number of aryl methyl sites for hydroxylation is 1. The van der Waals surface area contributed by atoms with Crippen LogP contribution in [0.3, 0.4) is 0 Å². The van der Waals surface area contributed by atoms with Crippen molar-refractivity contribution in [2.45, 2.75) is 46.1 Å². The zero-order valence-corrected chi connectivity index (χ0v) is 16.9. The second-order valence-corrected chi connectivity index (χ2v) is 9.03. The lowest BCUT2D eigenvalue weighted by atomic mass is 9.78. The van der Waals surface area contributed by atoms with Gasteiger partial charge in [-0.3, -0.25) is 4.79 Å². The summed E-state index contributed by atoms with van der Waals surface area (Å²) in [5.74, 6) is 1.17. The number of halogens is 1. The van der Waals surface area contributed by atoms with Gasteiger partial charge in [0.25, 0.3) is 5.91 Å². The van der Waals surface area contributed by atoms with E-state index in [0.717, 1.165) is 27.4 Å². The van der Waals surface area contributed by atoms with E-state index in [0.29, 0.717) is 21.9 Å².